The Morgan fingerprint density at radius 3 is 2.83 bits per heavy atom. The molecule has 1 aliphatic heterocycles. The van der Waals surface area contributed by atoms with Gasteiger partial charge in [0.1, 0.15) is 0 Å². The van der Waals surface area contributed by atoms with E-state index in [-0.39, 0.29) is 5.91 Å². The van der Waals surface area contributed by atoms with Crippen LogP contribution in [0.2, 0.25) is 0 Å². The van der Waals surface area contributed by atoms with Gasteiger partial charge < -0.3 is 14.7 Å². The second kappa shape index (κ2) is 5.85. The summed E-state index contributed by atoms with van der Waals surface area (Å²) < 4.78 is 6.32. The number of amides is 1. The zero-order valence-electron chi connectivity index (χ0n) is 10.2. The Morgan fingerprint density at radius 2 is 2.28 bits per heavy atom. The summed E-state index contributed by atoms with van der Waals surface area (Å²) in [5, 5.41) is 12.2. The summed E-state index contributed by atoms with van der Waals surface area (Å²) in [5.74, 6) is -0.0333. The number of hydrogen-bond donors (Lipinski definition) is 1. The van der Waals surface area contributed by atoms with Gasteiger partial charge in [-0.25, -0.2) is 0 Å². The first kappa shape index (κ1) is 14.2. The lowest BCUT2D eigenvalue weighted by atomic mass is 9.94. The minimum Gasteiger partial charge on any atom is -0.388 e. The third-order valence-electron chi connectivity index (χ3n) is 3.12. The average Bonchev–Trinajstić information content (AvgIpc) is 2.75. The molecule has 1 fully saturated rings. The molecule has 18 heavy (non-hydrogen) atoms. The van der Waals surface area contributed by atoms with Crippen LogP contribution < -0.4 is 0 Å². The number of halogens is 1. The number of nitrogens with zero attached hydrogens (tertiary/aromatic N) is 1. The molecule has 1 N–H and O–H groups in total. The van der Waals surface area contributed by atoms with Gasteiger partial charge in [0, 0.05) is 45.0 Å². The zero-order valence-corrected chi connectivity index (χ0v) is 13.2. The van der Waals surface area contributed by atoms with Gasteiger partial charge >= 0.3 is 0 Å². The topological polar surface area (TPSA) is 49.8 Å². The van der Waals surface area contributed by atoms with Gasteiger partial charge in [-0.2, -0.15) is 0 Å². The highest BCUT2D eigenvalue weighted by molar-refractivity contribution is 14.1. The minimum atomic E-state index is -0.800. The first-order valence-corrected chi connectivity index (χ1v) is 7.76. The summed E-state index contributed by atoms with van der Waals surface area (Å²) in [4.78, 5) is 13.8. The van der Waals surface area contributed by atoms with E-state index in [1.165, 1.54) is 0 Å². The van der Waals surface area contributed by atoms with Crippen molar-refractivity contribution < 1.29 is 14.6 Å². The van der Waals surface area contributed by atoms with Crippen LogP contribution in [0.25, 0.3) is 0 Å². The molecule has 4 nitrogen and oxygen atoms in total. The van der Waals surface area contributed by atoms with Crippen LogP contribution in [-0.4, -0.2) is 48.3 Å². The van der Waals surface area contributed by atoms with Gasteiger partial charge in [0.2, 0.25) is 0 Å². The smallest absolute Gasteiger partial charge is 0.254 e. The van der Waals surface area contributed by atoms with E-state index in [1.54, 1.807) is 23.3 Å². The van der Waals surface area contributed by atoms with Crippen molar-refractivity contribution in [3.8, 4) is 0 Å². The molecule has 0 spiro atoms. The van der Waals surface area contributed by atoms with Gasteiger partial charge in [-0.05, 0) is 28.7 Å². The Labute approximate surface area is 124 Å². The third-order valence-corrected chi connectivity index (χ3v) is 4.91. The van der Waals surface area contributed by atoms with Crippen molar-refractivity contribution in [3.05, 3.63) is 19.9 Å². The van der Waals surface area contributed by atoms with E-state index >= 15 is 0 Å². The van der Waals surface area contributed by atoms with Crippen LogP contribution in [0.5, 0.6) is 0 Å². The number of carbonyl (C=O) groups excluding carboxylic acids is 1. The van der Waals surface area contributed by atoms with E-state index in [2.05, 4.69) is 22.6 Å². The fraction of sp³-hybridized carbons (Fsp3) is 0.583. The molecule has 1 aromatic heterocycles. The summed E-state index contributed by atoms with van der Waals surface area (Å²) in [7, 11) is 1.74. The largest absolute Gasteiger partial charge is 0.388 e. The van der Waals surface area contributed by atoms with Crippen LogP contribution >= 0.6 is 33.9 Å². The van der Waals surface area contributed by atoms with Crippen molar-refractivity contribution in [2.45, 2.75) is 18.4 Å². The molecule has 2 heterocycles. The van der Waals surface area contributed by atoms with E-state index in [1.807, 2.05) is 11.4 Å². The van der Waals surface area contributed by atoms with Crippen molar-refractivity contribution in [1.82, 2.24) is 4.90 Å². The number of hydrogen-bond acceptors (Lipinski definition) is 4. The first-order valence-electron chi connectivity index (χ1n) is 5.80. The second-order valence-electron chi connectivity index (χ2n) is 4.64. The van der Waals surface area contributed by atoms with Crippen LogP contribution in [0.1, 0.15) is 23.2 Å². The average molecular weight is 381 g/mol. The van der Waals surface area contributed by atoms with Crippen molar-refractivity contribution in [3.63, 3.8) is 0 Å². The monoisotopic (exact) mass is 381 g/mol. The van der Waals surface area contributed by atoms with Crippen molar-refractivity contribution in [2.75, 3.05) is 26.8 Å². The minimum absolute atomic E-state index is 0.0333. The maximum Gasteiger partial charge on any atom is 0.254 e. The molecule has 2 rings (SSSR count). The quantitative estimate of drug-likeness (QED) is 0.815. The maximum absolute atomic E-state index is 12.2. The lowest BCUT2D eigenvalue weighted by molar-refractivity contribution is -0.0734. The molecule has 1 aliphatic rings. The Kier molecular flexibility index (Phi) is 4.63. The Bertz CT molecular complexity index is 429. The molecule has 0 atom stereocenters. The van der Waals surface area contributed by atoms with Gasteiger partial charge in [0.25, 0.3) is 5.91 Å². The lowest BCUT2D eigenvalue weighted by Crippen LogP contribution is -2.47. The van der Waals surface area contributed by atoms with Gasteiger partial charge in [-0.1, -0.05) is 0 Å². The van der Waals surface area contributed by atoms with E-state index in [4.69, 9.17) is 4.74 Å². The van der Waals surface area contributed by atoms with E-state index in [0.29, 0.717) is 38.2 Å². The number of carbonyl (C=O) groups is 1. The number of ether oxygens (including phenoxy) is 1. The van der Waals surface area contributed by atoms with Crippen molar-refractivity contribution in [2.24, 2.45) is 0 Å². The molecular formula is C12H16INO3S. The van der Waals surface area contributed by atoms with E-state index < -0.39 is 5.60 Å². The number of rotatable bonds is 3. The Balaban J connectivity index is 1.98. The summed E-state index contributed by atoms with van der Waals surface area (Å²) in [5.41, 5.74) is -0.103. The highest BCUT2D eigenvalue weighted by Crippen LogP contribution is 2.23. The fourth-order valence-electron chi connectivity index (χ4n) is 2.07. The van der Waals surface area contributed by atoms with Crippen LogP contribution in [0.3, 0.4) is 0 Å². The molecule has 1 aromatic rings. The normalized spacial score (nSPS) is 18.6. The standard InChI is InChI=1S/C12H16INO3S/c1-14(8-12(16)2-4-17-5-3-12)11(15)9-6-10(13)18-7-9/h6-7,16H,2-5,8H2,1H3. The third kappa shape index (κ3) is 3.43. The van der Waals surface area contributed by atoms with Crippen molar-refractivity contribution >= 4 is 39.8 Å². The predicted molar refractivity (Wildman–Crippen MR) is 79.0 cm³/mol. The predicted octanol–water partition coefficient (Wildman–Crippen LogP) is 1.97. The summed E-state index contributed by atoms with van der Waals surface area (Å²) >= 11 is 3.75. The molecule has 0 bridgehead atoms. The maximum atomic E-state index is 12.2. The molecule has 100 valence electrons. The lowest BCUT2D eigenvalue weighted by Gasteiger charge is -2.35. The molecule has 0 radical (unpaired) electrons. The second-order valence-corrected chi connectivity index (χ2v) is 7.44. The molecule has 0 aliphatic carbocycles. The van der Waals surface area contributed by atoms with Crippen LogP contribution in [0.4, 0.5) is 0 Å². The van der Waals surface area contributed by atoms with Crippen LogP contribution in [0.15, 0.2) is 11.4 Å². The molecule has 0 unspecified atom stereocenters. The highest BCUT2D eigenvalue weighted by Gasteiger charge is 2.32. The SMILES string of the molecule is CN(CC1(O)CCOCC1)C(=O)c1csc(I)c1. The van der Waals surface area contributed by atoms with Crippen LogP contribution in [-0.2, 0) is 4.74 Å². The Morgan fingerprint density at radius 1 is 1.61 bits per heavy atom. The zero-order chi connectivity index (χ0) is 13.2. The van der Waals surface area contributed by atoms with Crippen molar-refractivity contribution in [1.29, 1.82) is 0 Å². The summed E-state index contributed by atoms with van der Waals surface area (Å²) in [6.07, 6.45) is 1.18. The number of thiophene rings is 1. The molecular weight excluding hydrogens is 365 g/mol. The van der Waals surface area contributed by atoms with Gasteiger partial charge in [-0.3, -0.25) is 4.79 Å². The molecule has 0 saturated carbocycles. The first-order chi connectivity index (χ1) is 8.50. The van der Waals surface area contributed by atoms with Gasteiger partial charge in [0.05, 0.1) is 14.0 Å². The Hall–Kier alpha value is -0.180. The molecule has 1 amide bonds. The molecule has 6 heteroatoms. The van der Waals surface area contributed by atoms with Gasteiger partial charge in [0.15, 0.2) is 0 Å². The number of likely N-dealkylation sites (N-methyl/N-ethyl adjacent to an activating group) is 1. The van der Waals surface area contributed by atoms with E-state index in [0.717, 1.165) is 2.88 Å². The fourth-order valence-corrected chi connectivity index (χ4v) is 3.39. The summed E-state index contributed by atoms with van der Waals surface area (Å²) in [6.45, 7) is 1.49. The highest BCUT2D eigenvalue weighted by atomic mass is 127. The van der Waals surface area contributed by atoms with E-state index in [9.17, 15) is 9.90 Å². The van der Waals surface area contributed by atoms with Gasteiger partial charge in [-0.15, -0.1) is 11.3 Å². The number of aliphatic hydroxyl groups is 1. The summed E-state index contributed by atoms with van der Waals surface area (Å²) in [6, 6.07) is 1.87. The molecule has 0 aromatic carbocycles. The molecule has 1 saturated heterocycles. The van der Waals surface area contributed by atoms with Crippen LogP contribution in [0, 0.1) is 2.88 Å².